The van der Waals surface area contributed by atoms with Crippen LogP contribution in [0.25, 0.3) is 0 Å². The van der Waals surface area contributed by atoms with Crippen molar-refractivity contribution in [1.29, 1.82) is 0 Å². The molecule has 1 aromatic heterocycles. The van der Waals surface area contributed by atoms with Gasteiger partial charge in [0.15, 0.2) is 17.0 Å². The molecule has 1 aliphatic rings. The number of Topliss-reactive ketones (excluding diaryl/α,β-unsaturated/α-hetero) is 1. The molecule has 2 N–H and O–H groups in total. The summed E-state index contributed by atoms with van der Waals surface area (Å²) >= 11 is 3.17. The van der Waals surface area contributed by atoms with Crippen molar-refractivity contribution in [2.75, 3.05) is 0 Å². The molecular weight excluding hydrogens is 456 g/mol. The standard InChI is InChI=1S/C19H19BrF4N4O/c1-17(22)9-19(23,24)18(2,27-16(17)25)11-6-10(4-5-12(11)21)7-13(29)15-26-14(20)8-28(15)3/h4-6,8H,7,9H2,1-3H3,(H2,25,27)/t17-,18+/m0/s1. The second-order valence-corrected chi connectivity index (χ2v) is 8.37. The number of alkyl halides is 3. The zero-order chi connectivity index (χ0) is 21.8. The van der Waals surface area contributed by atoms with Crippen LogP contribution >= 0.6 is 15.9 Å². The Kier molecular flexibility index (Phi) is 5.13. The molecule has 1 aliphatic heterocycles. The number of benzene rings is 1. The number of imidazole rings is 1. The Labute approximate surface area is 173 Å². The fourth-order valence-corrected chi connectivity index (χ4v) is 3.86. The van der Waals surface area contributed by atoms with E-state index in [2.05, 4.69) is 25.9 Å². The van der Waals surface area contributed by atoms with Crippen molar-refractivity contribution in [2.45, 2.75) is 43.8 Å². The van der Waals surface area contributed by atoms with Gasteiger partial charge in [0.2, 0.25) is 5.78 Å². The summed E-state index contributed by atoms with van der Waals surface area (Å²) in [5.41, 5.74) is 0.499. The highest BCUT2D eigenvalue weighted by Gasteiger charge is 2.60. The van der Waals surface area contributed by atoms with Gasteiger partial charge in [-0.15, -0.1) is 0 Å². The summed E-state index contributed by atoms with van der Waals surface area (Å²) in [5.74, 6) is -5.48. The lowest BCUT2D eigenvalue weighted by Gasteiger charge is -2.42. The van der Waals surface area contributed by atoms with E-state index < -0.39 is 40.8 Å². The second-order valence-electron chi connectivity index (χ2n) is 7.56. The highest BCUT2D eigenvalue weighted by atomic mass is 79.9. The zero-order valence-corrected chi connectivity index (χ0v) is 17.5. The highest BCUT2D eigenvalue weighted by Crippen LogP contribution is 2.50. The Morgan fingerprint density at radius 1 is 1.31 bits per heavy atom. The molecule has 0 spiro atoms. The highest BCUT2D eigenvalue weighted by molar-refractivity contribution is 9.10. The second kappa shape index (κ2) is 6.93. The smallest absolute Gasteiger partial charge is 0.280 e. The Bertz CT molecular complexity index is 1020. The number of nitrogens with zero attached hydrogens (tertiary/aromatic N) is 3. The van der Waals surface area contributed by atoms with Gasteiger partial charge in [0, 0.05) is 25.2 Å². The topological polar surface area (TPSA) is 73.3 Å². The average Bonchev–Trinajstić information content (AvgIpc) is 2.92. The first kappa shape index (κ1) is 21.5. The molecule has 0 fully saturated rings. The van der Waals surface area contributed by atoms with E-state index in [1.54, 1.807) is 13.2 Å². The molecule has 0 radical (unpaired) electrons. The first-order chi connectivity index (χ1) is 13.3. The molecule has 0 amide bonds. The number of aliphatic imine (C=N–C) groups is 1. The molecule has 0 aliphatic carbocycles. The molecule has 10 heteroatoms. The van der Waals surface area contributed by atoms with E-state index in [0.29, 0.717) is 10.2 Å². The van der Waals surface area contributed by atoms with Crippen LogP contribution in [0.2, 0.25) is 0 Å². The van der Waals surface area contributed by atoms with Gasteiger partial charge >= 0.3 is 0 Å². The third kappa shape index (κ3) is 3.70. The predicted molar refractivity (Wildman–Crippen MR) is 103 cm³/mol. The molecule has 2 heterocycles. The molecule has 29 heavy (non-hydrogen) atoms. The van der Waals surface area contributed by atoms with E-state index >= 15 is 0 Å². The van der Waals surface area contributed by atoms with Gasteiger partial charge in [0.05, 0.1) is 6.42 Å². The number of hydrogen-bond donors (Lipinski definition) is 1. The number of nitrogens with two attached hydrogens (primary N) is 1. The fraction of sp³-hybridized carbons (Fsp3) is 0.421. The lowest BCUT2D eigenvalue weighted by atomic mass is 9.77. The number of amidine groups is 1. The molecule has 2 aromatic rings. The van der Waals surface area contributed by atoms with Crippen molar-refractivity contribution in [3.63, 3.8) is 0 Å². The Hall–Kier alpha value is -2.23. The van der Waals surface area contributed by atoms with Crippen LogP contribution in [0, 0.1) is 5.82 Å². The molecule has 156 valence electrons. The van der Waals surface area contributed by atoms with Crippen molar-refractivity contribution >= 4 is 27.5 Å². The van der Waals surface area contributed by atoms with Crippen molar-refractivity contribution in [3.8, 4) is 0 Å². The van der Waals surface area contributed by atoms with Crippen LogP contribution in [0.1, 0.15) is 42.0 Å². The van der Waals surface area contributed by atoms with Gasteiger partial charge in [0.25, 0.3) is 5.92 Å². The van der Waals surface area contributed by atoms with Gasteiger partial charge in [-0.2, -0.15) is 0 Å². The molecular formula is C19H19BrF4N4O. The quantitative estimate of drug-likeness (QED) is 0.535. The summed E-state index contributed by atoms with van der Waals surface area (Å²) in [6, 6.07) is 3.46. The third-order valence-corrected chi connectivity index (χ3v) is 5.54. The molecule has 1 aromatic carbocycles. The summed E-state index contributed by atoms with van der Waals surface area (Å²) in [4.78, 5) is 20.2. The number of halogens is 5. The fourth-order valence-electron chi connectivity index (χ4n) is 3.38. The van der Waals surface area contributed by atoms with Crippen LogP contribution in [0.15, 0.2) is 34.0 Å². The van der Waals surface area contributed by atoms with Crippen molar-refractivity contribution < 1.29 is 22.4 Å². The summed E-state index contributed by atoms with van der Waals surface area (Å²) in [5, 5.41) is 0. The van der Waals surface area contributed by atoms with E-state index in [-0.39, 0.29) is 18.0 Å². The lowest BCUT2D eigenvalue weighted by Crippen LogP contribution is -2.56. The van der Waals surface area contributed by atoms with Crippen LogP contribution in [0.4, 0.5) is 17.6 Å². The van der Waals surface area contributed by atoms with Crippen molar-refractivity contribution in [1.82, 2.24) is 9.55 Å². The average molecular weight is 475 g/mol. The first-order valence-corrected chi connectivity index (χ1v) is 9.50. The van der Waals surface area contributed by atoms with E-state index in [1.807, 2.05) is 0 Å². The normalized spacial score (nSPS) is 26.3. The van der Waals surface area contributed by atoms with E-state index in [4.69, 9.17) is 5.73 Å². The molecule has 0 bridgehead atoms. The molecule has 0 saturated heterocycles. The van der Waals surface area contributed by atoms with Gasteiger partial charge in [-0.05, 0) is 47.5 Å². The minimum atomic E-state index is -3.70. The monoisotopic (exact) mass is 474 g/mol. The largest absolute Gasteiger partial charge is 0.385 e. The molecule has 0 saturated carbocycles. The van der Waals surface area contributed by atoms with Crippen molar-refractivity contribution in [3.05, 3.63) is 51.8 Å². The van der Waals surface area contributed by atoms with Gasteiger partial charge in [-0.1, -0.05) is 6.07 Å². The summed E-state index contributed by atoms with van der Waals surface area (Å²) in [6.07, 6.45) is 0.181. The number of aromatic nitrogens is 2. The van der Waals surface area contributed by atoms with Gasteiger partial charge < -0.3 is 10.3 Å². The Morgan fingerprint density at radius 3 is 2.55 bits per heavy atom. The van der Waals surface area contributed by atoms with E-state index in [0.717, 1.165) is 26.0 Å². The SMILES string of the molecule is Cn1cc(Br)nc1C(=O)Cc1ccc(F)c([C@@]2(C)N=C(N)[C@@](C)(F)CC2(F)F)c1. The first-order valence-electron chi connectivity index (χ1n) is 8.70. The summed E-state index contributed by atoms with van der Waals surface area (Å²) in [6.45, 7) is 1.92. The number of carbonyl (C=O) groups is 1. The summed E-state index contributed by atoms with van der Waals surface area (Å²) < 4.78 is 60.5. The maximum Gasteiger partial charge on any atom is 0.280 e. The number of aryl methyl sites for hydroxylation is 1. The van der Waals surface area contributed by atoms with Crippen LogP contribution in [-0.4, -0.2) is 32.8 Å². The number of hydrogen-bond acceptors (Lipinski definition) is 4. The zero-order valence-electron chi connectivity index (χ0n) is 15.9. The number of rotatable bonds is 4. The van der Waals surface area contributed by atoms with E-state index in [9.17, 15) is 22.4 Å². The molecule has 0 unspecified atom stereocenters. The minimum Gasteiger partial charge on any atom is -0.385 e. The molecule has 5 nitrogen and oxygen atoms in total. The lowest BCUT2D eigenvalue weighted by molar-refractivity contribution is -0.106. The summed E-state index contributed by atoms with van der Waals surface area (Å²) in [7, 11) is 1.64. The van der Waals surface area contributed by atoms with Crippen LogP contribution in [-0.2, 0) is 19.0 Å². The maximum atomic E-state index is 14.8. The molecule has 2 atom stereocenters. The maximum absolute atomic E-state index is 14.8. The Balaban J connectivity index is 2.02. The molecule has 3 rings (SSSR count). The van der Waals surface area contributed by atoms with Crippen LogP contribution in [0.3, 0.4) is 0 Å². The predicted octanol–water partition coefficient (Wildman–Crippen LogP) is 4.09. The van der Waals surface area contributed by atoms with Gasteiger partial charge in [-0.25, -0.2) is 22.5 Å². The van der Waals surface area contributed by atoms with Crippen LogP contribution < -0.4 is 5.73 Å². The van der Waals surface area contributed by atoms with E-state index in [1.165, 1.54) is 10.6 Å². The minimum absolute atomic E-state index is 0.160. The van der Waals surface area contributed by atoms with Crippen LogP contribution in [0.5, 0.6) is 0 Å². The number of ketones is 1. The van der Waals surface area contributed by atoms with Gasteiger partial charge in [0.1, 0.15) is 16.3 Å². The Morgan fingerprint density at radius 2 is 1.97 bits per heavy atom. The third-order valence-electron chi connectivity index (χ3n) is 5.16. The van der Waals surface area contributed by atoms with Gasteiger partial charge in [-0.3, -0.25) is 9.79 Å². The van der Waals surface area contributed by atoms with Crippen molar-refractivity contribution in [2.24, 2.45) is 17.8 Å². The number of carbonyl (C=O) groups excluding carboxylic acids is 1.